The summed E-state index contributed by atoms with van der Waals surface area (Å²) < 4.78 is 0. The summed E-state index contributed by atoms with van der Waals surface area (Å²) in [5, 5.41) is 7.64. The van der Waals surface area contributed by atoms with Crippen LogP contribution >= 0.6 is 0 Å². The quantitative estimate of drug-likeness (QED) is 0.645. The molecule has 3 amide bonds. The van der Waals surface area contributed by atoms with Crippen LogP contribution in [0, 0.1) is 12.3 Å². The molecule has 1 aliphatic carbocycles. The van der Waals surface area contributed by atoms with E-state index in [1.807, 2.05) is 12.2 Å². The lowest BCUT2D eigenvalue weighted by molar-refractivity contribution is -0.136. The summed E-state index contributed by atoms with van der Waals surface area (Å²) >= 11 is 0. The predicted molar refractivity (Wildman–Crippen MR) is 86.0 cm³/mol. The molecule has 1 aromatic heterocycles. The molecule has 0 spiro atoms. The molecule has 0 radical (unpaired) electrons. The summed E-state index contributed by atoms with van der Waals surface area (Å²) in [4.78, 5) is 37.9. The first-order chi connectivity index (χ1) is 11.6. The third kappa shape index (κ3) is 2.99. The van der Waals surface area contributed by atoms with Gasteiger partial charge < -0.3 is 0 Å². The molecule has 0 bridgehead atoms. The number of carbonyl (C=O) groups excluding carboxylic acids is 3. The van der Waals surface area contributed by atoms with Crippen molar-refractivity contribution in [3.8, 4) is 12.3 Å². The Kier molecular flexibility index (Phi) is 4.29. The monoisotopic (exact) mass is 324 g/mol. The Morgan fingerprint density at radius 2 is 2.25 bits per heavy atom. The van der Waals surface area contributed by atoms with Crippen LogP contribution in [0.25, 0.3) is 0 Å². The molecular weight excluding hydrogens is 308 g/mol. The summed E-state index contributed by atoms with van der Waals surface area (Å²) in [6, 6.07) is -0.812. The maximum Gasteiger partial charge on any atom is 0.270 e. The van der Waals surface area contributed by atoms with Gasteiger partial charge in [0.15, 0.2) is 0 Å². The second-order valence-corrected chi connectivity index (χ2v) is 5.57. The SMILES string of the molecule is C#Cc1cnn(N(C(=O)C2=CC=CCC2)C2CCC(=O)NC2=O)c1. The van der Waals surface area contributed by atoms with Gasteiger partial charge in [-0.15, -0.1) is 6.42 Å². The van der Waals surface area contributed by atoms with Gasteiger partial charge in [-0.25, -0.2) is 5.01 Å². The standard InChI is InChI=1S/C17H16N4O3/c1-2-12-10-18-20(11-12)21(14-8-9-15(22)19-16(14)23)17(24)13-6-4-3-5-7-13/h1,3-4,6,10-11,14H,5,7-9H2,(H,19,22,23). The fraction of sp³-hybridized carbons (Fsp3) is 0.294. The Bertz CT molecular complexity index is 797. The van der Waals surface area contributed by atoms with E-state index >= 15 is 0 Å². The van der Waals surface area contributed by atoms with E-state index in [4.69, 9.17) is 6.42 Å². The van der Waals surface area contributed by atoms with Crippen LogP contribution in [-0.2, 0) is 14.4 Å². The topological polar surface area (TPSA) is 84.3 Å². The van der Waals surface area contributed by atoms with E-state index in [0.29, 0.717) is 17.6 Å². The number of terminal acetylenes is 1. The fourth-order valence-electron chi connectivity index (χ4n) is 2.73. The van der Waals surface area contributed by atoms with Crippen LogP contribution in [0.1, 0.15) is 31.2 Å². The number of aromatic nitrogens is 2. The number of allylic oxidation sites excluding steroid dienone is 3. The van der Waals surface area contributed by atoms with Crippen LogP contribution in [0.15, 0.2) is 36.2 Å². The van der Waals surface area contributed by atoms with E-state index in [2.05, 4.69) is 16.3 Å². The Hall–Kier alpha value is -3.14. The lowest BCUT2D eigenvalue weighted by Gasteiger charge is -2.33. The van der Waals surface area contributed by atoms with E-state index < -0.39 is 11.9 Å². The maximum absolute atomic E-state index is 13.0. The highest BCUT2D eigenvalue weighted by atomic mass is 16.2. The van der Waals surface area contributed by atoms with Crippen molar-refractivity contribution in [2.75, 3.05) is 5.01 Å². The van der Waals surface area contributed by atoms with Crippen molar-refractivity contribution in [1.82, 2.24) is 15.2 Å². The van der Waals surface area contributed by atoms with E-state index in [1.165, 1.54) is 22.2 Å². The van der Waals surface area contributed by atoms with E-state index in [-0.39, 0.29) is 24.7 Å². The minimum absolute atomic E-state index is 0.169. The Morgan fingerprint density at radius 1 is 1.42 bits per heavy atom. The molecule has 122 valence electrons. The number of hydrogen-bond acceptors (Lipinski definition) is 4. The molecule has 1 unspecified atom stereocenters. The van der Waals surface area contributed by atoms with Gasteiger partial charge in [-0.05, 0) is 19.3 Å². The summed E-state index contributed by atoms with van der Waals surface area (Å²) in [6.45, 7) is 0. The first-order valence-electron chi connectivity index (χ1n) is 7.64. The highest BCUT2D eigenvalue weighted by molar-refractivity contribution is 6.08. The predicted octanol–water partition coefficient (Wildman–Crippen LogP) is 0.411. The van der Waals surface area contributed by atoms with Crippen LogP contribution in [-0.4, -0.2) is 33.7 Å². The molecule has 1 atom stereocenters. The fourth-order valence-corrected chi connectivity index (χ4v) is 2.73. The number of hydrogen-bond donors (Lipinski definition) is 1. The van der Waals surface area contributed by atoms with Crippen LogP contribution in [0.5, 0.6) is 0 Å². The normalized spacial score (nSPS) is 20.1. The number of imide groups is 1. The molecule has 0 saturated carbocycles. The molecule has 24 heavy (non-hydrogen) atoms. The van der Waals surface area contributed by atoms with Crippen LogP contribution < -0.4 is 10.3 Å². The summed E-state index contributed by atoms with van der Waals surface area (Å²) in [5.41, 5.74) is 1.08. The molecular formula is C17H16N4O3. The average molecular weight is 324 g/mol. The molecule has 1 N–H and O–H groups in total. The van der Waals surface area contributed by atoms with E-state index in [0.717, 1.165) is 6.42 Å². The number of rotatable bonds is 3. The molecule has 3 rings (SSSR count). The van der Waals surface area contributed by atoms with Gasteiger partial charge in [-0.2, -0.15) is 9.89 Å². The number of nitrogens with zero attached hydrogens (tertiary/aromatic N) is 3. The molecule has 2 heterocycles. The second-order valence-electron chi connectivity index (χ2n) is 5.57. The largest absolute Gasteiger partial charge is 0.295 e. The van der Waals surface area contributed by atoms with Gasteiger partial charge in [0.25, 0.3) is 11.8 Å². The highest BCUT2D eigenvalue weighted by Crippen LogP contribution is 2.19. The van der Waals surface area contributed by atoms with Gasteiger partial charge in [0.1, 0.15) is 6.04 Å². The van der Waals surface area contributed by atoms with Crippen LogP contribution in [0.4, 0.5) is 0 Å². The molecule has 0 aromatic carbocycles. The van der Waals surface area contributed by atoms with Crippen LogP contribution in [0.2, 0.25) is 0 Å². The van der Waals surface area contributed by atoms with Crippen molar-refractivity contribution in [3.05, 3.63) is 41.8 Å². The molecule has 2 aliphatic rings. The van der Waals surface area contributed by atoms with Crippen molar-refractivity contribution in [2.24, 2.45) is 0 Å². The molecule has 7 nitrogen and oxygen atoms in total. The first kappa shape index (κ1) is 15.7. The number of nitrogens with one attached hydrogen (secondary N) is 1. The Balaban J connectivity index is 1.97. The van der Waals surface area contributed by atoms with Crippen molar-refractivity contribution in [1.29, 1.82) is 0 Å². The molecule has 1 aliphatic heterocycles. The van der Waals surface area contributed by atoms with Crippen molar-refractivity contribution in [3.63, 3.8) is 0 Å². The summed E-state index contributed by atoms with van der Waals surface area (Å²) in [7, 11) is 0. The molecule has 7 heteroatoms. The van der Waals surface area contributed by atoms with E-state index in [9.17, 15) is 14.4 Å². The third-order valence-corrected chi connectivity index (χ3v) is 3.96. The number of carbonyl (C=O) groups is 3. The zero-order valence-corrected chi connectivity index (χ0v) is 12.9. The summed E-state index contributed by atoms with van der Waals surface area (Å²) in [6.07, 6.45) is 15.6. The zero-order chi connectivity index (χ0) is 17.1. The van der Waals surface area contributed by atoms with E-state index in [1.54, 1.807) is 6.08 Å². The number of piperidine rings is 1. The van der Waals surface area contributed by atoms with Gasteiger partial charge in [0.05, 0.1) is 18.0 Å². The number of amides is 3. The van der Waals surface area contributed by atoms with Gasteiger partial charge in [0, 0.05) is 12.0 Å². The van der Waals surface area contributed by atoms with Gasteiger partial charge in [0.2, 0.25) is 5.91 Å². The van der Waals surface area contributed by atoms with Crippen molar-refractivity contribution < 1.29 is 14.4 Å². The van der Waals surface area contributed by atoms with Gasteiger partial charge >= 0.3 is 0 Å². The van der Waals surface area contributed by atoms with Gasteiger partial charge in [-0.1, -0.05) is 24.1 Å². The lowest BCUT2D eigenvalue weighted by atomic mass is 10.0. The van der Waals surface area contributed by atoms with Crippen molar-refractivity contribution in [2.45, 2.75) is 31.7 Å². The molecule has 1 aromatic rings. The molecule has 1 saturated heterocycles. The minimum atomic E-state index is -0.812. The van der Waals surface area contributed by atoms with Crippen LogP contribution in [0.3, 0.4) is 0 Å². The third-order valence-electron chi connectivity index (χ3n) is 3.96. The summed E-state index contributed by atoms with van der Waals surface area (Å²) in [5.74, 6) is 1.27. The first-order valence-corrected chi connectivity index (χ1v) is 7.64. The second kappa shape index (κ2) is 6.54. The average Bonchev–Trinajstić information content (AvgIpc) is 3.06. The molecule has 1 fully saturated rings. The minimum Gasteiger partial charge on any atom is -0.295 e. The maximum atomic E-state index is 13.0. The Labute approximate surface area is 139 Å². The zero-order valence-electron chi connectivity index (χ0n) is 12.9. The van der Waals surface area contributed by atoms with Crippen molar-refractivity contribution >= 4 is 17.7 Å². The lowest BCUT2D eigenvalue weighted by Crippen LogP contribution is -2.59. The smallest absolute Gasteiger partial charge is 0.270 e. The highest BCUT2D eigenvalue weighted by Gasteiger charge is 2.37. The van der Waals surface area contributed by atoms with Gasteiger partial charge in [-0.3, -0.25) is 19.7 Å². The Morgan fingerprint density at radius 3 is 2.88 bits per heavy atom.